The number of rotatable bonds is 5. The first kappa shape index (κ1) is 16.1. The van der Waals surface area contributed by atoms with Gasteiger partial charge in [-0.25, -0.2) is 8.78 Å². The van der Waals surface area contributed by atoms with Gasteiger partial charge in [-0.3, -0.25) is 4.68 Å². The maximum absolute atomic E-state index is 13.2. The van der Waals surface area contributed by atoms with Crippen molar-refractivity contribution in [2.75, 3.05) is 0 Å². The van der Waals surface area contributed by atoms with Crippen molar-refractivity contribution < 1.29 is 13.9 Å². The largest absolute Gasteiger partial charge is 0.388 e. The zero-order chi connectivity index (χ0) is 15.6. The van der Waals surface area contributed by atoms with Gasteiger partial charge in [0.1, 0.15) is 11.6 Å². The predicted molar refractivity (Wildman–Crippen MR) is 80.0 cm³/mol. The molecule has 1 unspecified atom stereocenters. The first-order valence-electron chi connectivity index (χ1n) is 6.84. The Labute approximate surface area is 130 Å². The SMILES string of the molecule is CCc1nn(CC)c(CC(O)c2cc(F)cc(F)c2)c1Br. The van der Waals surface area contributed by atoms with E-state index in [1.54, 1.807) is 4.68 Å². The Bertz CT molecular complexity index is 623. The molecule has 3 nitrogen and oxygen atoms in total. The van der Waals surface area contributed by atoms with Gasteiger partial charge >= 0.3 is 0 Å². The Morgan fingerprint density at radius 2 is 1.86 bits per heavy atom. The van der Waals surface area contributed by atoms with E-state index >= 15 is 0 Å². The van der Waals surface area contributed by atoms with Gasteiger partial charge in [0, 0.05) is 19.0 Å². The van der Waals surface area contributed by atoms with Gasteiger partial charge in [-0.05, 0) is 47.0 Å². The minimum atomic E-state index is -0.988. The van der Waals surface area contributed by atoms with Crippen molar-refractivity contribution in [3.8, 4) is 0 Å². The summed E-state index contributed by atoms with van der Waals surface area (Å²) in [7, 11) is 0. The molecule has 6 heteroatoms. The average Bonchev–Trinajstić information content (AvgIpc) is 2.74. The molecule has 0 spiro atoms. The lowest BCUT2D eigenvalue weighted by Gasteiger charge is -2.13. The van der Waals surface area contributed by atoms with E-state index < -0.39 is 17.7 Å². The quantitative estimate of drug-likeness (QED) is 0.882. The van der Waals surface area contributed by atoms with E-state index in [0.717, 1.165) is 40.5 Å². The van der Waals surface area contributed by atoms with E-state index in [1.165, 1.54) is 0 Å². The first-order valence-corrected chi connectivity index (χ1v) is 7.63. The van der Waals surface area contributed by atoms with Gasteiger partial charge in [0.2, 0.25) is 0 Å². The lowest BCUT2D eigenvalue weighted by Crippen LogP contribution is -2.09. The van der Waals surface area contributed by atoms with Gasteiger partial charge in [-0.1, -0.05) is 6.92 Å². The number of aromatic nitrogens is 2. The minimum absolute atomic E-state index is 0.223. The third-order valence-electron chi connectivity index (χ3n) is 3.35. The van der Waals surface area contributed by atoms with Crippen molar-refractivity contribution in [1.29, 1.82) is 0 Å². The van der Waals surface area contributed by atoms with Crippen LogP contribution in [0.2, 0.25) is 0 Å². The van der Waals surface area contributed by atoms with Crippen LogP contribution in [0.4, 0.5) is 8.78 Å². The molecule has 2 aromatic rings. The molecule has 0 aliphatic rings. The predicted octanol–water partition coefficient (Wildman–Crippen LogP) is 3.78. The number of nitrogens with zero attached hydrogens (tertiary/aromatic N) is 2. The average molecular weight is 359 g/mol. The van der Waals surface area contributed by atoms with E-state index in [2.05, 4.69) is 21.0 Å². The molecule has 0 aliphatic heterocycles. The minimum Gasteiger partial charge on any atom is -0.388 e. The van der Waals surface area contributed by atoms with Crippen LogP contribution in [-0.4, -0.2) is 14.9 Å². The third-order valence-corrected chi connectivity index (χ3v) is 4.27. The molecule has 0 radical (unpaired) electrons. The molecule has 114 valence electrons. The summed E-state index contributed by atoms with van der Waals surface area (Å²) in [6.07, 6.45) is 0.0217. The van der Waals surface area contributed by atoms with Crippen LogP contribution in [0.5, 0.6) is 0 Å². The third kappa shape index (κ3) is 3.49. The first-order chi connectivity index (χ1) is 9.96. The van der Waals surface area contributed by atoms with Gasteiger partial charge in [-0.15, -0.1) is 0 Å². The fourth-order valence-electron chi connectivity index (χ4n) is 2.28. The van der Waals surface area contributed by atoms with Crippen LogP contribution >= 0.6 is 15.9 Å². The fraction of sp³-hybridized carbons (Fsp3) is 0.400. The lowest BCUT2D eigenvalue weighted by atomic mass is 10.0. The zero-order valence-electron chi connectivity index (χ0n) is 11.9. The smallest absolute Gasteiger partial charge is 0.126 e. The van der Waals surface area contributed by atoms with E-state index in [1.807, 2.05) is 13.8 Å². The molecule has 2 rings (SSSR count). The highest BCUT2D eigenvalue weighted by Gasteiger charge is 2.19. The van der Waals surface area contributed by atoms with Crippen molar-refractivity contribution in [3.05, 3.63) is 51.3 Å². The monoisotopic (exact) mass is 358 g/mol. The summed E-state index contributed by atoms with van der Waals surface area (Å²) < 4.78 is 29.1. The standard InChI is InChI=1S/C15H17BrF2N2O/c1-3-12-15(16)13(20(4-2)19-12)8-14(21)9-5-10(17)7-11(18)6-9/h5-7,14,21H,3-4,8H2,1-2H3. The van der Waals surface area contributed by atoms with Crippen LogP contribution in [0.3, 0.4) is 0 Å². The molecule has 1 N–H and O–H groups in total. The van der Waals surface area contributed by atoms with Gasteiger partial charge in [0.25, 0.3) is 0 Å². The highest BCUT2D eigenvalue weighted by atomic mass is 79.9. The normalized spacial score (nSPS) is 12.7. The number of hydrogen-bond donors (Lipinski definition) is 1. The number of aliphatic hydroxyl groups is 1. The van der Waals surface area contributed by atoms with Crippen molar-refractivity contribution in [1.82, 2.24) is 9.78 Å². The Morgan fingerprint density at radius 1 is 1.24 bits per heavy atom. The van der Waals surface area contributed by atoms with E-state index in [-0.39, 0.29) is 12.0 Å². The van der Waals surface area contributed by atoms with Crippen LogP contribution in [0.25, 0.3) is 0 Å². The van der Waals surface area contributed by atoms with Crippen molar-refractivity contribution in [2.45, 2.75) is 39.3 Å². The Hall–Kier alpha value is -1.27. The number of halogens is 3. The van der Waals surface area contributed by atoms with E-state index in [4.69, 9.17) is 0 Å². The molecule has 0 bridgehead atoms. The second-order valence-electron chi connectivity index (χ2n) is 4.80. The molecule has 21 heavy (non-hydrogen) atoms. The molecule has 0 saturated heterocycles. The summed E-state index contributed by atoms with van der Waals surface area (Å²) in [6, 6.07) is 3.09. The maximum atomic E-state index is 13.2. The molecule has 1 heterocycles. The molecule has 0 amide bonds. The summed E-state index contributed by atoms with van der Waals surface area (Å²) in [4.78, 5) is 0. The van der Waals surface area contributed by atoms with Gasteiger partial charge in [-0.2, -0.15) is 5.10 Å². The molecular weight excluding hydrogens is 342 g/mol. The molecule has 1 aromatic heterocycles. The number of hydrogen-bond acceptors (Lipinski definition) is 2. The Morgan fingerprint density at radius 3 is 2.38 bits per heavy atom. The molecule has 0 fully saturated rings. The van der Waals surface area contributed by atoms with Crippen LogP contribution in [0.1, 0.15) is 36.9 Å². The summed E-state index contributed by atoms with van der Waals surface area (Å²) in [6.45, 7) is 4.62. The summed E-state index contributed by atoms with van der Waals surface area (Å²) in [5, 5.41) is 14.7. The molecular formula is C15H17BrF2N2O. The molecule has 0 aliphatic carbocycles. The highest BCUT2D eigenvalue weighted by Crippen LogP contribution is 2.28. The van der Waals surface area contributed by atoms with E-state index in [9.17, 15) is 13.9 Å². The maximum Gasteiger partial charge on any atom is 0.126 e. The molecule has 1 aromatic carbocycles. The summed E-state index contributed by atoms with van der Waals surface area (Å²) in [5.41, 5.74) is 1.96. The highest BCUT2D eigenvalue weighted by molar-refractivity contribution is 9.10. The second kappa shape index (κ2) is 6.66. The van der Waals surface area contributed by atoms with E-state index in [0.29, 0.717) is 6.54 Å². The second-order valence-corrected chi connectivity index (χ2v) is 5.59. The Kier molecular flexibility index (Phi) is 5.11. The topological polar surface area (TPSA) is 38.0 Å². The summed E-state index contributed by atoms with van der Waals surface area (Å²) >= 11 is 3.49. The Balaban J connectivity index is 2.30. The molecule has 0 saturated carbocycles. The number of aliphatic hydroxyl groups excluding tert-OH is 1. The van der Waals surface area contributed by atoms with Gasteiger partial charge in [0.15, 0.2) is 0 Å². The van der Waals surface area contributed by atoms with Crippen LogP contribution in [0.15, 0.2) is 22.7 Å². The van der Waals surface area contributed by atoms with Crippen LogP contribution in [-0.2, 0) is 19.4 Å². The lowest BCUT2D eigenvalue weighted by molar-refractivity contribution is 0.174. The van der Waals surface area contributed by atoms with Crippen molar-refractivity contribution in [3.63, 3.8) is 0 Å². The number of benzene rings is 1. The fourth-order valence-corrected chi connectivity index (χ4v) is 3.01. The van der Waals surface area contributed by atoms with Crippen LogP contribution in [0, 0.1) is 11.6 Å². The van der Waals surface area contributed by atoms with Gasteiger partial charge in [0.05, 0.1) is 22.0 Å². The van der Waals surface area contributed by atoms with Gasteiger partial charge < -0.3 is 5.11 Å². The summed E-state index contributed by atoms with van der Waals surface area (Å²) in [5.74, 6) is -1.39. The van der Waals surface area contributed by atoms with Crippen LogP contribution < -0.4 is 0 Å². The molecule has 1 atom stereocenters. The van der Waals surface area contributed by atoms with Crippen molar-refractivity contribution in [2.24, 2.45) is 0 Å². The zero-order valence-corrected chi connectivity index (χ0v) is 13.5. The number of aryl methyl sites for hydroxylation is 2. The van der Waals surface area contributed by atoms with Crippen molar-refractivity contribution >= 4 is 15.9 Å².